The molecular weight excluding hydrogens is 629 g/mol. The molecular formula is C50H34N2. The van der Waals surface area contributed by atoms with Gasteiger partial charge in [0.1, 0.15) is 0 Å². The summed E-state index contributed by atoms with van der Waals surface area (Å²) in [6.45, 7) is 0. The minimum absolute atomic E-state index is 0.196. The lowest BCUT2D eigenvalue weighted by molar-refractivity contribution is 1.18. The molecule has 0 amide bonds. The average Bonchev–Trinajstić information content (AvgIpc) is 3.61. The molecule has 1 aromatic heterocycles. The first-order valence-electron chi connectivity index (χ1n) is 19.9. The van der Waals surface area contributed by atoms with Crippen LogP contribution < -0.4 is 4.90 Å². The van der Waals surface area contributed by atoms with Crippen molar-refractivity contribution in [3.8, 4) is 27.9 Å². The number of benzene rings is 9. The number of fused-ring (bicyclic) bond motifs is 6. The van der Waals surface area contributed by atoms with Crippen molar-refractivity contribution in [2.24, 2.45) is 0 Å². The van der Waals surface area contributed by atoms with Gasteiger partial charge in [0.25, 0.3) is 0 Å². The minimum Gasteiger partial charge on any atom is -0.310 e. The largest absolute Gasteiger partial charge is 0.310 e. The van der Waals surface area contributed by atoms with E-state index in [4.69, 9.17) is 6.85 Å². The summed E-state index contributed by atoms with van der Waals surface area (Å²) in [7, 11) is 0. The monoisotopic (exact) mass is 667 g/mol. The number of para-hydroxylation sites is 1. The summed E-state index contributed by atoms with van der Waals surface area (Å²) in [5, 5.41) is 6.28. The molecule has 2 heteroatoms. The van der Waals surface area contributed by atoms with Crippen molar-refractivity contribution in [1.29, 1.82) is 0 Å². The second-order valence-corrected chi connectivity index (χ2v) is 13.0. The van der Waals surface area contributed by atoms with E-state index in [0.717, 1.165) is 66.5 Å². The summed E-state index contributed by atoms with van der Waals surface area (Å²) in [4.78, 5) is 2.29. The van der Waals surface area contributed by atoms with E-state index in [0.29, 0.717) is 5.56 Å². The van der Waals surface area contributed by atoms with Crippen LogP contribution in [0.25, 0.3) is 71.3 Å². The molecule has 0 saturated heterocycles. The second-order valence-electron chi connectivity index (χ2n) is 13.0. The highest BCUT2D eigenvalue weighted by molar-refractivity contribution is 6.25. The molecule has 244 valence electrons. The predicted octanol–water partition coefficient (Wildman–Crippen LogP) is 13.9. The van der Waals surface area contributed by atoms with Gasteiger partial charge in [0.2, 0.25) is 0 Å². The van der Waals surface area contributed by atoms with Crippen LogP contribution in [0.3, 0.4) is 0 Å². The van der Waals surface area contributed by atoms with Gasteiger partial charge < -0.3 is 9.47 Å². The maximum absolute atomic E-state index is 8.88. The molecule has 0 saturated carbocycles. The number of anilines is 3. The third-order valence-corrected chi connectivity index (χ3v) is 10.0. The molecule has 10 rings (SSSR count). The summed E-state index contributed by atoms with van der Waals surface area (Å²) >= 11 is 0. The van der Waals surface area contributed by atoms with Crippen LogP contribution in [0.15, 0.2) is 206 Å². The molecule has 0 aliphatic rings. The van der Waals surface area contributed by atoms with E-state index < -0.39 is 6.04 Å². The Morgan fingerprint density at radius 3 is 1.92 bits per heavy atom. The fraction of sp³-hybridized carbons (Fsp3) is 0. The van der Waals surface area contributed by atoms with Crippen molar-refractivity contribution in [2.75, 3.05) is 4.90 Å². The highest BCUT2D eigenvalue weighted by Crippen LogP contribution is 2.42. The van der Waals surface area contributed by atoms with E-state index in [2.05, 4.69) is 149 Å². The molecule has 0 unspecified atom stereocenters. The summed E-state index contributed by atoms with van der Waals surface area (Å²) in [6, 6.07) is 59.4. The standard InChI is InChI=1S/C50H34N2/c1-3-14-37(15-4-1)46-23-12-24-47-49(46)50-45-22-10-9-16-38(45)28-32-48(50)52(47)42-29-25-36(26-30-42)40-18-11-21-43(33-40)51(41-19-5-2-6-20-41)44-31-27-35-13-7-8-17-39(35)34-44/h1-34H/i1D,3D,4D,14D,15D. The number of rotatable bonds is 6. The molecule has 9 aromatic carbocycles. The van der Waals surface area contributed by atoms with E-state index >= 15 is 0 Å². The van der Waals surface area contributed by atoms with Gasteiger partial charge in [0.15, 0.2) is 0 Å². The second kappa shape index (κ2) is 12.5. The van der Waals surface area contributed by atoms with Gasteiger partial charge in [-0.05, 0) is 104 Å². The lowest BCUT2D eigenvalue weighted by Crippen LogP contribution is -2.09. The van der Waals surface area contributed by atoms with Crippen LogP contribution in [0.2, 0.25) is 0 Å². The minimum atomic E-state index is -0.402. The van der Waals surface area contributed by atoms with E-state index in [9.17, 15) is 0 Å². The molecule has 52 heavy (non-hydrogen) atoms. The van der Waals surface area contributed by atoms with Crippen LogP contribution in [0.5, 0.6) is 0 Å². The maximum Gasteiger partial charge on any atom is 0.0629 e. The van der Waals surface area contributed by atoms with Crippen LogP contribution >= 0.6 is 0 Å². The van der Waals surface area contributed by atoms with Crippen LogP contribution in [0.1, 0.15) is 6.85 Å². The number of hydrogen-bond donors (Lipinski definition) is 0. The van der Waals surface area contributed by atoms with Crippen molar-refractivity contribution in [1.82, 2.24) is 4.57 Å². The topological polar surface area (TPSA) is 8.17 Å². The molecule has 0 aliphatic carbocycles. The Morgan fingerprint density at radius 1 is 0.404 bits per heavy atom. The molecule has 2 nitrogen and oxygen atoms in total. The van der Waals surface area contributed by atoms with Crippen molar-refractivity contribution >= 4 is 60.4 Å². The first kappa shape index (κ1) is 25.1. The summed E-state index contributed by atoms with van der Waals surface area (Å²) in [5.41, 5.74) is 8.95. The normalized spacial score (nSPS) is 12.8. The Labute approximate surface area is 310 Å². The van der Waals surface area contributed by atoms with Crippen molar-refractivity contribution in [3.05, 3.63) is 206 Å². The third-order valence-electron chi connectivity index (χ3n) is 10.0. The van der Waals surface area contributed by atoms with E-state index in [-0.39, 0.29) is 29.7 Å². The highest BCUT2D eigenvalue weighted by Gasteiger charge is 2.19. The summed E-state index contributed by atoms with van der Waals surface area (Å²) in [6.07, 6.45) is 0. The van der Waals surface area contributed by atoms with Crippen LogP contribution in [0, 0.1) is 0 Å². The maximum atomic E-state index is 8.88. The SMILES string of the molecule is [2H]c1c([2H])c([2H])c(-c2cccc3c2c2c4ccccc4ccc2n3-c2ccc(-c3cccc(N(c4ccccc4)c4ccc5ccccc5c4)c3)cc2)c([2H])c1[2H]. The van der Waals surface area contributed by atoms with Gasteiger partial charge in [-0.3, -0.25) is 0 Å². The smallest absolute Gasteiger partial charge is 0.0629 e. The first-order chi connectivity index (χ1) is 27.9. The lowest BCUT2D eigenvalue weighted by atomic mass is 9.97. The van der Waals surface area contributed by atoms with Crippen LogP contribution in [-0.4, -0.2) is 4.57 Å². The highest BCUT2D eigenvalue weighted by atomic mass is 15.1. The van der Waals surface area contributed by atoms with Gasteiger partial charge in [0, 0.05) is 33.5 Å². The zero-order chi connectivity index (χ0) is 38.8. The summed E-state index contributed by atoms with van der Waals surface area (Å²) < 4.78 is 45.1. The molecule has 10 aromatic rings. The molecule has 0 fully saturated rings. The van der Waals surface area contributed by atoms with Crippen LogP contribution in [-0.2, 0) is 0 Å². The zero-order valence-electron chi connectivity index (χ0n) is 33.1. The Kier molecular flexibility index (Phi) is 6.01. The fourth-order valence-electron chi connectivity index (χ4n) is 7.67. The van der Waals surface area contributed by atoms with Gasteiger partial charge >= 0.3 is 0 Å². The number of hydrogen-bond acceptors (Lipinski definition) is 1. The van der Waals surface area contributed by atoms with Crippen LogP contribution in [0.4, 0.5) is 17.1 Å². The van der Waals surface area contributed by atoms with E-state index in [1.165, 1.54) is 10.8 Å². The molecule has 0 radical (unpaired) electrons. The Bertz CT molecular complexity index is 3160. The number of aromatic nitrogens is 1. The molecule has 0 spiro atoms. The van der Waals surface area contributed by atoms with E-state index in [1.54, 1.807) is 0 Å². The zero-order valence-corrected chi connectivity index (χ0v) is 28.1. The Hall–Kier alpha value is -6.90. The molecule has 0 atom stereocenters. The average molecular weight is 668 g/mol. The fourth-order valence-corrected chi connectivity index (χ4v) is 7.67. The first-order valence-corrected chi connectivity index (χ1v) is 17.4. The third kappa shape index (κ3) is 5.04. The Balaban J connectivity index is 1.12. The van der Waals surface area contributed by atoms with Crippen molar-refractivity contribution in [3.63, 3.8) is 0 Å². The molecule has 0 aliphatic heterocycles. The van der Waals surface area contributed by atoms with Crippen molar-refractivity contribution in [2.45, 2.75) is 0 Å². The van der Waals surface area contributed by atoms with Gasteiger partial charge in [-0.25, -0.2) is 0 Å². The van der Waals surface area contributed by atoms with Gasteiger partial charge in [-0.2, -0.15) is 0 Å². The van der Waals surface area contributed by atoms with Crippen molar-refractivity contribution < 1.29 is 6.85 Å². The van der Waals surface area contributed by atoms with E-state index in [1.807, 2.05) is 36.4 Å². The van der Waals surface area contributed by atoms with Gasteiger partial charge in [-0.1, -0.05) is 145 Å². The lowest BCUT2D eigenvalue weighted by Gasteiger charge is -2.26. The quantitative estimate of drug-likeness (QED) is 0.171. The number of nitrogens with zero attached hydrogens (tertiary/aromatic N) is 2. The molecule has 0 N–H and O–H groups in total. The van der Waals surface area contributed by atoms with Gasteiger partial charge in [0.05, 0.1) is 17.9 Å². The molecule has 1 heterocycles. The molecule has 0 bridgehead atoms. The predicted molar refractivity (Wildman–Crippen MR) is 221 cm³/mol. The van der Waals surface area contributed by atoms with Gasteiger partial charge in [-0.15, -0.1) is 0 Å². The Morgan fingerprint density at radius 2 is 1.08 bits per heavy atom. The summed E-state index contributed by atoms with van der Waals surface area (Å²) in [5.74, 6) is 0.